The Morgan fingerprint density at radius 2 is 2.29 bits per heavy atom. The second-order valence-electron chi connectivity index (χ2n) is 5.38. The Morgan fingerprint density at radius 1 is 1.42 bits per heavy atom. The maximum absolute atomic E-state index is 12.0. The van der Waals surface area contributed by atoms with Gasteiger partial charge >= 0.3 is 0 Å². The number of nitrogens with zero attached hydrogens (tertiary/aromatic N) is 2. The molecular formula is C16H13N3O3S2. The molecule has 0 atom stereocenters. The molecule has 122 valence electrons. The van der Waals surface area contributed by atoms with E-state index in [-0.39, 0.29) is 0 Å². The predicted molar refractivity (Wildman–Crippen MR) is 91.1 cm³/mol. The van der Waals surface area contributed by atoms with Crippen molar-refractivity contribution in [1.82, 2.24) is 14.8 Å². The smallest absolute Gasteiger partial charge is 0.285 e. The van der Waals surface area contributed by atoms with E-state index in [0.29, 0.717) is 15.7 Å². The van der Waals surface area contributed by atoms with Crippen LogP contribution in [0.1, 0.15) is 26.5 Å². The van der Waals surface area contributed by atoms with Crippen molar-refractivity contribution in [3.63, 3.8) is 0 Å². The van der Waals surface area contributed by atoms with E-state index >= 15 is 0 Å². The molecule has 24 heavy (non-hydrogen) atoms. The van der Waals surface area contributed by atoms with Gasteiger partial charge in [-0.1, -0.05) is 11.3 Å². The van der Waals surface area contributed by atoms with E-state index in [1.165, 1.54) is 22.9 Å². The van der Waals surface area contributed by atoms with Gasteiger partial charge < -0.3 is 4.74 Å². The Hall–Kier alpha value is -2.29. The van der Waals surface area contributed by atoms with Crippen molar-refractivity contribution < 1.29 is 14.7 Å². The summed E-state index contributed by atoms with van der Waals surface area (Å²) in [5.74, 6) is 0.135. The first-order valence-corrected chi connectivity index (χ1v) is 8.91. The van der Waals surface area contributed by atoms with Gasteiger partial charge in [-0.3, -0.25) is 15.0 Å². The lowest BCUT2D eigenvalue weighted by molar-refractivity contribution is 0.0710. The average Bonchev–Trinajstić information content (AvgIpc) is 3.20. The Bertz CT molecular complexity index is 933. The lowest BCUT2D eigenvalue weighted by Crippen LogP contribution is -2.19. The number of hydrogen-bond donors (Lipinski definition) is 2. The number of carbonyl (C=O) groups is 1. The molecule has 0 saturated heterocycles. The Kier molecular flexibility index (Phi) is 3.79. The van der Waals surface area contributed by atoms with Crippen LogP contribution in [-0.2, 0) is 12.8 Å². The predicted octanol–water partition coefficient (Wildman–Crippen LogP) is 3.58. The van der Waals surface area contributed by atoms with Crippen LogP contribution in [0.4, 0.5) is 0 Å². The number of nitrogens with one attached hydrogen (secondary N) is 1. The van der Waals surface area contributed by atoms with Crippen LogP contribution in [0.15, 0.2) is 24.5 Å². The van der Waals surface area contributed by atoms with Crippen LogP contribution in [-0.4, -0.2) is 20.5 Å². The molecule has 0 bridgehead atoms. The van der Waals surface area contributed by atoms with Crippen molar-refractivity contribution in [2.45, 2.75) is 19.8 Å². The molecule has 0 saturated carbocycles. The number of aromatic nitrogens is 2. The summed E-state index contributed by atoms with van der Waals surface area (Å²) in [6, 6.07) is 3.65. The lowest BCUT2D eigenvalue weighted by Gasteiger charge is -2.14. The van der Waals surface area contributed by atoms with Crippen LogP contribution in [0, 0.1) is 6.92 Å². The van der Waals surface area contributed by atoms with Crippen LogP contribution in [0.3, 0.4) is 0 Å². The molecule has 3 aromatic heterocycles. The van der Waals surface area contributed by atoms with E-state index in [0.717, 1.165) is 40.1 Å². The maximum atomic E-state index is 12.0. The molecule has 1 aliphatic carbocycles. The van der Waals surface area contributed by atoms with Crippen LogP contribution >= 0.6 is 22.9 Å². The summed E-state index contributed by atoms with van der Waals surface area (Å²) in [4.78, 5) is 17.8. The van der Waals surface area contributed by atoms with Gasteiger partial charge in [-0.05, 0) is 54.6 Å². The van der Waals surface area contributed by atoms with Crippen LogP contribution in [0.2, 0.25) is 0 Å². The van der Waals surface area contributed by atoms with Crippen molar-refractivity contribution in [1.29, 1.82) is 0 Å². The molecule has 0 spiro atoms. The quantitative estimate of drug-likeness (QED) is 0.551. The maximum Gasteiger partial charge on any atom is 0.285 e. The molecule has 3 heterocycles. The minimum atomic E-state index is -0.512. The largest absolute Gasteiger partial charge is 0.444 e. The molecule has 1 aliphatic rings. The van der Waals surface area contributed by atoms with E-state index < -0.39 is 5.91 Å². The topological polar surface area (TPSA) is 84.3 Å². The third kappa shape index (κ3) is 2.39. The minimum Gasteiger partial charge on any atom is -0.444 e. The second kappa shape index (κ2) is 5.97. The third-order valence-electron chi connectivity index (χ3n) is 3.96. The fourth-order valence-electron chi connectivity index (χ4n) is 2.80. The van der Waals surface area contributed by atoms with E-state index in [9.17, 15) is 4.79 Å². The lowest BCUT2D eigenvalue weighted by atomic mass is 9.93. The van der Waals surface area contributed by atoms with Gasteiger partial charge in [-0.15, -0.1) is 0 Å². The number of thiophene rings is 1. The number of ether oxygens (including phenoxy) is 1. The molecule has 0 aliphatic heterocycles. The van der Waals surface area contributed by atoms with Gasteiger partial charge in [0, 0.05) is 12.4 Å². The van der Waals surface area contributed by atoms with Crippen molar-refractivity contribution in [2.24, 2.45) is 0 Å². The molecule has 0 unspecified atom stereocenters. The molecule has 0 aromatic carbocycles. The van der Waals surface area contributed by atoms with Gasteiger partial charge in [0.25, 0.3) is 5.91 Å². The summed E-state index contributed by atoms with van der Waals surface area (Å²) < 4.78 is 10.4. The fourth-order valence-corrected chi connectivity index (χ4v) is 4.84. The number of amides is 1. The van der Waals surface area contributed by atoms with E-state index in [1.54, 1.807) is 11.7 Å². The highest BCUT2D eigenvalue weighted by Crippen LogP contribution is 2.50. The van der Waals surface area contributed by atoms with Crippen molar-refractivity contribution in [3.05, 3.63) is 46.2 Å². The SMILES string of the molecule is Cc1ncccc1Oc1sc(C(=O)NO)c2c1-c1sncc1CC2. The number of hydrogen-bond acceptors (Lipinski definition) is 7. The molecule has 8 heteroatoms. The number of rotatable bonds is 3. The molecule has 6 nitrogen and oxygen atoms in total. The second-order valence-corrected chi connectivity index (χ2v) is 7.17. The third-order valence-corrected chi connectivity index (χ3v) is 5.93. The first-order valence-electron chi connectivity index (χ1n) is 7.32. The summed E-state index contributed by atoms with van der Waals surface area (Å²) in [7, 11) is 0. The summed E-state index contributed by atoms with van der Waals surface area (Å²) in [6.07, 6.45) is 5.12. The standard InChI is InChI=1S/C16H13N3O3S2/c1-8-11(3-2-6-17-8)22-16-12-10(14(23-16)15(20)19-21)5-4-9-7-18-24-13(9)12/h2-3,6-7,21H,4-5H2,1H3,(H,19,20). The highest BCUT2D eigenvalue weighted by atomic mass is 32.1. The zero-order valence-corrected chi connectivity index (χ0v) is 14.3. The molecule has 0 fully saturated rings. The molecule has 1 amide bonds. The monoisotopic (exact) mass is 359 g/mol. The number of fused-ring (bicyclic) bond motifs is 3. The fraction of sp³-hybridized carbons (Fsp3) is 0.188. The van der Waals surface area contributed by atoms with Gasteiger partial charge in [0.15, 0.2) is 5.06 Å². The first kappa shape index (κ1) is 15.3. The van der Waals surface area contributed by atoms with Crippen molar-refractivity contribution >= 4 is 28.8 Å². The van der Waals surface area contributed by atoms with Gasteiger partial charge in [0.2, 0.25) is 0 Å². The normalized spacial score (nSPS) is 12.4. The Morgan fingerprint density at radius 3 is 3.08 bits per heavy atom. The van der Waals surface area contributed by atoms with Gasteiger partial charge in [0.05, 0.1) is 16.1 Å². The molecule has 2 N–H and O–H groups in total. The van der Waals surface area contributed by atoms with E-state index in [1.807, 2.05) is 25.3 Å². The Labute approximate surface area is 145 Å². The van der Waals surface area contributed by atoms with E-state index in [4.69, 9.17) is 9.94 Å². The first-order chi connectivity index (χ1) is 11.7. The number of hydroxylamine groups is 1. The summed E-state index contributed by atoms with van der Waals surface area (Å²) >= 11 is 2.63. The summed E-state index contributed by atoms with van der Waals surface area (Å²) in [5, 5.41) is 9.66. The highest BCUT2D eigenvalue weighted by Gasteiger charge is 2.30. The summed E-state index contributed by atoms with van der Waals surface area (Å²) in [5.41, 5.74) is 5.47. The van der Waals surface area contributed by atoms with Crippen molar-refractivity contribution in [2.75, 3.05) is 0 Å². The van der Waals surface area contributed by atoms with Gasteiger partial charge in [-0.25, -0.2) is 9.85 Å². The number of carbonyl (C=O) groups excluding carboxylic acids is 1. The molecule has 3 aromatic rings. The zero-order chi connectivity index (χ0) is 16.7. The minimum absolute atomic E-state index is 0.475. The summed E-state index contributed by atoms with van der Waals surface area (Å²) in [6.45, 7) is 1.87. The molecule has 4 rings (SSSR count). The van der Waals surface area contributed by atoms with Crippen molar-refractivity contribution in [3.8, 4) is 21.3 Å². The Balaban J connectivity index is 1.87. The van der Waals surface area contributed by atoms with Crippen LogP contribution < -0.4 is 10.2 Å². The number of pyridine rings is 1. The average molecular weight is 359 g/mol. The van der Waals surface area contributed by atoms with Gasteiger partial charge in [-0.2, -0.15) is 0 Å². The van der Waals surface area contributed by atoms with Gasteiger partial charge in [0.1, 0.15) is 10.6 Å². The zero-order valence-electron chi connectivity index (χ0n) is 12.7. The molecular weight excluding hydrogens is 346 g/mol. The number of aryl methyl sites for hydroxylation is 2. The van der Waals surface area contributed by atoms with E-state index in [2.05, 4.69) is 9.36 Å². The molecule has 0 radical (unpaired) electrons. The van der Waals surface area contributed by atoms with Crippen LogP contribution in [0.25, 0.3) is 10.4 Å². The highest BCUT2D eigenvalue weighted by molar-refractivity contribution is 7.17. The van der Waals surface area contributed by atoms with Crippen LogP contribution in [0.5, 0.6) is 10.8 Å².